The quantitative estimate of drug-likeness (QED) is 0.645. The molecule has 0 aromatic rings. The van der Waals surface area contributed by atoms with E-state index in [9.17, 15) is 0 Å². The van der Waals surface area contributed by atoms with Crippen molar-refractivity contribution in [2.24, 2.45) is 22.2 Å². The Morgan fingerprint density at radius 2 is 1.43 bits per heavy atom. The summed E-state index contributed by atoms with van der Waals surface area (Å²) in [5, 5.41) is 0. The lowest BCUT2D eigenvalue weighted by Crippen LogP contribution is -2.62. The van der Waals surface area contributed by atoms with Gasteiger partial charge in [0.1, 0.15) is 0 Å². The number of hydrogen-bond acceptors (Lipinski definition) is 2. The number of hydrogen-bond donors (Lipinski definition) is 0. The van der Waals surface area contributed by atoms with Gasteiger partial charge in [0.15, 0.2) is 5.79 Å². The van der Waals surface area contributed by atoms with Gasteiger partial charge in [-0.1, -0.05) is 33.6 Å². The standard InChI is InChI=1S/C19H30O2/c1-16(2)13-8-11-17(16,3)19(12-13)20-14-6-4-9-18(14)10-5-7-15(18)21-19/h13-15H,4-12H2,1-3H3/t13?,14-,15?,17?,18?,19?/m1/s1. The Labute approximate surface area is 129 Å². The van der Waals surface area contributed by atoms with Gasteiger partial charge in [-0.2, -0.15) is 0 Å². The molecule has 4 aliphatic carbocycles. The summed E-state index contributed by atoms with van der Waals surface area (Å²) < 4.78 is 13.8. The first-order chi connectivity index (χ1) is 9.94. The first kappa shape index (κ1) is 13.4. The van der Waals surface area contributed by atoms with Gasteiger partial charge in [0.2, 0.25) is 0 Å². The third kappa shape index (κ3) is 1.27. The van der Waals surface area contributed by atoms with E-state index in [-0.39, 0.29) is 11.2 Å². The van der Waals surface area contributed by atoms with Crippen molar-refractivity contribution in [1.82, 2.24) is 0 Å². The summed E-state index contributed by atoms with van der Waals surface area (Å²) in [6, 6.07) is 0. The normalized spacial score (nSPS) is 60.4. The van der Waals surface area contributed by atoms with E-state index in [1.54, 1.807) is 0 Å². The minimum absolute atomic E-state index is 0.210. The van der Waals surface area contributed by atoms with E-state index in [1.165, 1.54) is 51.4 Å². The zero-order valence-corrected chi connectivity index (χ0v) is 13.9. The average molecular weight is 290 g/mol. The zero-order chi connectivity index (χ0) is 14.5. The Bertz CT molecular complexity index is 460. The Balaban J connectivity index is 1.58. The van der Waals surface area contributed by atoms with Gasteiger partial charge in [0, 0.05) is 17.3 Å². The molecular formula is C19H30O2. The van der Waals surface area contributed by atoms with Crippen molar-refractivity contribution in [3.05, 3.63) is 0 Å². The Morgan fingerprint density at radius 1 is 0.810 bits per heavy atom. The Kier molecular flexibility index (Phi) is 2.35. The molecule has 2 spiro atoms. The van der Waals surface area contributed by atoms with Gasteiger partial charge in [-0.05, 0) is 49.9 Å². The lowest BCUT2D eigenvalue weighted by atomic mass is 9.67. The topological polar surface area (TPSA) is 18.5 Å². The molecule has 0 amide bonds. The predicted octanol–water partition coefficient (Wildman–Crippen LogP) is 4.67. The van der Waals surface area contributed by atoms with E-state index in [4.69, 9.17) is 9.47 Å². The SMILES string of the molecule is CC1(C)C2CCC1(C)C1(C2)OC2CCCC23CCC[C@H]3O1. The number of ether oxygens (including phenoxy) is 2. The highest BCUT2D eigenvalue weighted by Gasteiger charge is 2.75. The maximum Gasteiger partial charge on any atom is 0.175 e. The Hall–Kier alpha value is -0.0800. The van der Waals surface area contributed by atoms with Crippen molar-refractivity contribution in [2.75, 3.05) is 0 Å². The first-order valence-corrected chi connectivity index (χ1v) is 9.29. The van der Waals surface area contributed by atoms with Crippen LogP contribution in [0.5, 0.6) is 0 Å². The van der Waals surface area contributed by atoms with E-state index in [1.807, 2.05) is 0 Å². The van der Waals surface area contributed by atoms with E-state index in [0.717, 1.165) is 12.3 Å². The van der Waals surface area contributed by atoms with Crippen LogP contribution in [-0.4, -0.2) is 18.0 Å². The fourth-order valence-corrected chi connectivity index (χ4v) is 7.17. The molecule has 21 heavy (non-hydrogen) atoms. The molecule has 5 fully saturated rings. The highest BCUT2D eigenvalue weighted by atomic mass is 16.7. The van der Waals surface area contributed by atoms with E-state index >= 15 is 0 Å². The van der Waals surface area contributed by atoms with E-state index in [2.05, 4.69) is 20.8 Å². The van der Waals surface area contributed by atoms with Gasteiger partial charge in [-0.15, -0.1) is 0 Å². The third-order valence-electron chi connectivity index (χ3n) is 8.96. The third-order valence-corrected chi connectivity index (χ3v) is 8.96. The first-order valence-electron chi connectivity index (χ1n) is 9.29. The largest absolute Gasteiger partial charge is 0.345 e. The van der Waals surface area contributed by atoms with Crippen molar-refractivity contribution in [3.8, 4) is 0 Å². The van der Waals surface area contributed by atoms with Crippen LogP contribution in [0.15, 0.2) is 0 Å². The second kappa shape index (κ2) is 3.70. The van der Waals surface area contributed by atoms with Crippen LogP contribution in [0.3, 0.4) is 0 Å². The maximum atomic E-state index is 6.91. The molecule has 0 N–H and O–H groups in total. The smallest absolute Gasteiger partial charge is 0.175 e. The van der Waals surface area contributed by atoms with Crippen molar-refractivity contribution in [2.45, 2.75) is 96.6 Å². The summed E-state index contributed by atoms with van der Waals surface area (Å²) in [7, 11) is 0. The summed E-state index contributed by atoms with van der Waals surface area (Å²) in [5.41, 5.74) is 0.972. The molecule has 1 aliphatic heterocycles. The molecule has 0 aromatic heterocycles. The number of rotatable bonds is 0. The lowest BCUT2D eigenvalue weighted by molar-refractivity contribution is -0.390. The molecule has 1 heterocycles. The minimum atomic E-state index is -0.257. The fraction of sp³-hybridized carbons (Fsp3) is 1.00. The summed E-state index contributed by atoms with van der Waals surface area (Å²) >= 11 is 0. The Morgan fingerprint density at radius 3 is 1.90 bits per heavy atom. The van der Waals surface area contributed by atoms with E-state index in [0.29, 0.717) is 23.0 Å². The van der Waals surface area contributed by atoms with Crippen molar-refractivity contribution < 1.29 is 9.47 Å². The van der Waals surface area contributed by atoms with Crippen LogP contribution in [0.1, 0.15) is 78.6 Å². The molecule has 1 saturated heterocycles. The minimum Gasteiger partial charge on any atom is -0.345 e. The molecule has 5 aliphatic rings. The molecule has 0 radical (unpaired) electrons. The van der Waals surface area contributed by atoms with Crippen molar-refractivity contribution in [1.29, 1.82) is 0 Å². The van der Waals surface area contributed by atoms with Crippen LogP contribution in [0, 0.1) is 22.2 Å². The van der Waals surface area contributed by atoms with Crippen LogP contribution >= 0.6 is 0 Å². The second-order valence-corrected chi connectivity index (χ2v) is 9.48. The van der Waals surface area contributed by atoms with Gasteiger partial charge in [0.25, 0.3) is 0 Å². The van der Waals surface area contributed by atoms with Crippen LogP contribution in [-0.2, 0) is 9.47 Å². The van der Waals surface area contributed by atoms with Gasteiger partial charge >= 0.3 is 0 Å². The summed E-state index contributed by atoms with van der Waals surface area (Å²) in [6.45, 7) is 7.41. The van der Waals surface area contributed by atoms with Gasteiger partial charge in [0.05, 0.1) is 12.2 Å². The molecular weight excluding hydrogens is 260 g/mol. The maximum absolute atomic E-state index is 6.91. The molecule has 118 valence electrons. The predicted molar refractivity (Wildman–Crippen MR) is 81.8 cm³/mol. The molecule has 5 rings (SSSR count). The van der Waals surface area contributed by atoms with Crippen molar-refractivity contribution >= 4 is 0 Å². The van der Waals surface area contributed by atoms with Gasteiger partial charge in [-0.25, -0.2) is 0 Å². The monoisotopic (exact) mass is 290 g/mol. The molecule has 2 nitrogen and oxygen atoms in total. The molecule has 0 aromatic carbocycles. The molecule has 4 saturated carbocycles. The van der Waals surface area contributed by atoms with Gasteiger partial charge in [-0.3, -0.25) is 0 Å². The summed E-state index contributed by atoms with van der Waals surface area (Å²) in [6.07, 6.45) is 12.8. The van der Waals surface area contributed by atoms with Crippen LogP contribution < -0.4 is 0 Å². The highest BCUT2D eigenvalue weighted by molar-refractivity contribution is 5.19. The van der Waals surface area contributed by atoms with Crippen molar-refractivity contribution in [3.63, 3.8) is 0 Å². The van der Waals surface area contributed by atoms with Gasteiger partial charge < -0.3 is 9.47 Å². The summed E-state index contributed by atoms with van der Waals surface area (Å²) in [4.78, 5) is 0. The molecule has 6 atom stereocenters. The lowest BCUT2D eigenvalue weighted by Gasteiger charge is -2.57. The molecule has 2 heteroatoms. The fourth-order valence-electron chi connectivity index (χ4n) is 7.17. The number of fused-ring (bicyclic) bond motifs is 3. The second-order valence-electron chi connectivity index (χ2n) is 9.48. The molecule has 2 bridgehead atoms. The highest BCUT2D eigenvalue weighted by Crippen LogP contribution is 2.74. The van der Waals surface area contributed by atoms with E-state index < -0.39 is 0 Å². The average Bonchev–Trinajstić information content (AvgIpc) is 3.11. The summed E-state index contributed by atoms with van der Waals surface area (Å²) in [5.74, 6) is 0.533. The zero-order valence-electron chi connectivity index (χ0n) is 13.9. The van der Waals surface area contributed by atoms with Crippen LogP contribution in [0.2, 0.25) is 0 Å². The molecule has 5 unspecified atom stereocenters. The van der Waals surface area contributed by atoms with Crippen LogP contribution in [0.4, 0.5) is 0 Å². The van der Waals surface area contributed by atoms with Crippen LogP contribution in [0.25, 0.3) is 0 Å².